The van der Waals surface area contributed by atoms with Gasteiger partial charge in [-0.15, -0.1) is 11.6 Å². The van der Waals surface area contributed by atoms with E-state index in [4.69, 9.17) is 37.4 Å². The van der Waals surface area contributed by atoms with Gasteiger partial charge in [0.2, 0.25) is 5.91 Å². The minimum absolute atomic E-state index is 0.0984. The third-order valence-electron chi connectivity index (χ3n) is 4.31. The Hall–Kier alpha value is -2.44. The maximum atomic E-state index is 12.7. The van der Waals surface area contributed by atoms with Gasteiger partial charge in [-0.2, -0.15) is 0 Å². The van der Waals surface area contributed by atoms with E-state index < -0.39 is 0 Å². The van der Waals surface area contributed by atoms with Gasteiger partial charge in [-0.3, -0.25) is 9.59 Å². The van der Waals surface area contributed by atoms with Crippen molar-refractivity contribution < 1.29 is 23.8 Å². The molecule has 0 aliphatic carbocycles. The van der Waals surface area contributed by atoms with Crippen molar-refractivity contribution in [3.8, 4) is 17.2 Å². The van der Waals surface area contributed by atoms with Crippen molar-refractivity contribution in [3.05, 3.63) is 46.5 Å². The van der Waals surface area contributed by atoms with E-state index in [1.807, 2.05) is 6.07 Å². The summed E-state index contributed by atoms with van der Waals surface area (Å²) in [5.41, 5.74) is 1.57. The number of halogens is 2. The molecule has 1 N–H and O–H groups in total. The molecule has 30 heavy (non-hydrogen) atoms. The maximum absolute atomic E-state index is 12.7. The second-order valence-corrected chi connectivity index (χ2v) is 7.34. The molecule has 0 saturated carbocycles. The average molecular weight is 454 g/mol. The standard InChI is InChI=1S/C22H25Cl2NO5/c1-14(26)25-18-12-21(16(11-17(18)24)19(27)6-4-5-9-23)30-13-15-7-8-20(28-2)22(10-15)29-3/h7-8,10-12H,4-6,9,13H2,1-3H3,(H,25,26). The third-order valence-corrected chi connectivity index (χ3v) is 4.89. The molecule has 0 fully saturated rings. The molecule has 0 radical (unpaired) electrons. The number of Topliss-reactive ketones (excluding diaryl/α,β-unsaturated/α-hetero) is 1. The minimum atomic E-state index is -0.274. The number of benzene rings is 2. The molecule has 0 aromatic heterocycles. The molecular formula is C22H25Cl2NO5. The summed E-state index contributed by atoms with van der Waals surface area (Å²) in [6.07, 6.45) is 1.74. The first-order chi connectivity index (χ1) is 14.4. The van der Waals surface area contributed by atoms with Crippen LogP contribution in [0, 0.1) is 0 Å². The lowest BCUT2D eigenvalue weighted by Crippen LogP contribution is -2.09. The number of nitrogens with one attached hydrogen (secondary N) is 1. The van der Waals surface area contributed by atoms with E-state index in [1.54, 1.807) is 32.4 Å². The smallest absolute Gasteiger partial charge is 0.221 e. The fourth-order valence-electron chi connectivity index (χ4n) is 2.82. The highest BCUT2D eigenvalue weighted by Crippen LogP contribution is 2.33. The molecule has 2 aromatic carbocycles. The second-order valence-electron chi connectivity index (χ2n) is 6.56. The number of unbranched alkanes of at least 4 members (excludes halogenated alkanes) is 1. The van der Waals surface area contributed by atoms with E-state index in [1.165, 1.54) is 13.0 Å². The number of carbonyl (C=O) groups is 2. The zero-order chi connectivity index (χ0) is 22.1. The van der Waals surface area contributed by atoms with Crippen LogP contribution in [0.1, 0.15) is 42.1 Å². The van der Waals surface area contributed by atoms with Gasteiger partial charge in [-0.05, 0) is 36.6 Å². The van der Waals surface area contributed by atoms with Gasteiger partial charge in [-0.25, -0.2) is 0 Å². The topological polar surface area (TPSA) is 73.9 Å². The fraction of sp³-hybridized carbons (Fsp3) is 0.364. The molecule has 0 heterocycles. The van der Waals surface area contributed by atoms with E-state index in [0.29, 0.717) is 47.2 Å². The van der Waals surface area contributed by atoms with Gasteiger partial charge in [-0.1, -0.05) is 17.7 Å². The SMILES string of the molecule is COc1ccc(COc2cc(NC(C)=O)c(Cl)cc2C(=O)CCCCCl)cc1OC. The molecule has 2 rings (SSSR count). The van der Waals surface area contributed by atoms with Crippen molar-refractivity contribution in [1.29, 1.82) is 0 Å². The number of carbonyl (C=O) groups excluding carboxylic acids is 2. The lowest BCUT2D eigenvalue weighted by Gasteiger charge is -2.15. The third kappa shape index (κ3) is 6.54. The first-order valence-electron chi connectivity index (χ1n) is 9.43. The summed E-state index contributed by atoms with van der Waals surface area (Å²) < 4.78 is 16.5. The Morgan fingerprint density at radius 3 is 2.37 bits per heavy atom. The van der Waals surface area contributed by atoms with Crippen molar-refractivity contribution in [2.24, 2.45) is 0 Å². The summed E-state index contributed by atoms with van der Waals surface area (Å²) in [5.74, 6) is 1.65. The molecule has 6 nitrogen and oxygen atoms in total. The summed E-state index contributed by atoms with van der Waals surface area (Å²) in [4.78, 5) is 24.2. The van der Waals surface area contributed by atoms with Crippen LogP contribution in [0.15, 0.2) is 30.3 Å². The van der Waals surface area contributed by atoms with E-state index >= 15 is 0 Å². The minimum Gasteiger partial charge on any atom is -0.493 e. The zero-order valence-corrected chi connectivity index (χ0v) is 18.7. The molecule has 0 atom stereocenters. The van der Waals surface area contributed by atoms with Crippen molar-refractivity contribution >= 4 is 40.6 Å². The van der Waals surface area contributed by atoms with E-state index in [9.17, 15) is 9.59 Å². The highest BCUT2D eigenvalue weighted by Gasteiger charge is 2.17. The fourth-order valence-corrected chi connectivity index (χ4v) is 3.22. The lowest BCUT2D eigenvalue weighted by atomic mass is 10.0. The number of methoxy groups -OCH3 is 2. The van der Waals surface area contributed by atoms with Crippen LogP contribution in [-0.4, -0.2) is 31.8 Å². The Balaban J connectivity index is 2.30. The number of alkyl halides is 1. The maximum Gasteiger partial charge on any atom is 0.221 e. The van der Waals surface area contributed by atoms with Crippen molar-refractivity contribution in [2.45, 2.75) is 32.8 Å². The molecule has 0 spiro atoms. The van der Waals surface area contributed by atoms with E-state index in [2.05, 4.69) is 5.32 Å². The number of ketones is 1. The molecule has 2 aromatic rings. The van der Waals surface area contributed by atoms with E-state index in [0.717, 1.165) is 12.0 Å². The molecule has 0 bridgehead atoms. The van der Waals surface area contributed by atoms with Crippen LogP contribution in [0.2, 0.25) is 5.02 Å². The highest BCUT2D eigenvalue weighted by molar-refractivity contribution is 6.34. The van der Waals surface area contributed by atoms with Gasteiger partial charge in [0.05, 0.1) is 30.5 Å². The summed E-state index contributed by atoms with van der Waals surface area (Å²) in [5, 5.41) is 2.92. The second kappa shape index (κ2) is 11.7. The normalized spacial score (nSPS) is 10.4. The Kier molecular flexibility index (Phi) is 9.27. The van der Waals surface area contributed by atoms with Gasteiger partial charge >= 0.3 is 0 Å². The summed E-state index contributed by atoms with van der Waals surface area (Å²) in [6.45, 7) is 1.56. The van der Waals surface area contributed by atoms with Crippen LogP contribution in [0.25, 0.3) is 0 Å². The van der Waals surface area contributed by atoms with Crippen molar-refractivity contribution in [3.63, 3.8) is 0 Å². The van der Waals surface area contributed by atoms with Gasteiger partial charge in [0.25, 0.3) is 0 Å². The number of hydrogen-bond acceptors (Lipinski definition) is 5. The molecule has 0 unspecified atom stereocenters. The van der Waals surface area contributed by atoms with Crippen molar-refractivity contribution in [2.75, 3.05) is 25.4 Å². The largest absolute Gasteiger partial charge is 0.493 e. The molecule has 162 valence electrons. The molecule has 8 heteroatoms. The van der Waals surface area contributed by atoms with Crippen LogP contribution < -0.4 is 19.5 Å². The predicted molar refractivity (Wildman–Crippen MR) is 119 cm³/mol. The Morgan fingerprint density at radius 1 is 1.00 bits per heavy atom. The van der Waals surface area contributed by atoms with Crippen LogP contribution in [0.4, 0.5) is 5.69 Å². The summed E-state index contributed by atoms with van der Waals surface area (Å²) >= 11 is 12.0. The quantitative estimate of drug-likeness (QED) is 0.276. The van der Waals surface area contributed by atoms with Crippen LogP contribution in [0.5, 0.6) is 17.2 Å². The molecule has 0 saturated heterocycles. The van der Waals surface area contributed by atoms with Crippen LogP contribution in [-0.2, 0) is 11.4 Å². The number of rotatable bonds is 11. The van der Waals surface area contributed by atoms with Crippen LogP contribution >= 0.6 is 23.2 Å². The zero-order valence-electron chi connectivity index (χ0n) is 17.2. The Morgan fingerprint density at radius 2 is 1.73 bits per heavy atom. The molecule has 1 amide bonds. The van der Waals surface area contributed by atoms with E-state index in [-0.39, 0.29) is 23.3 Å². The highest BCUT2D eigenvalue weighted by atomic mass is 35.5. The predicted octanol–water partition coefficient (Wildman–Crippen LogP) is 5.49. The lowest BCUT2D eigenvalue weighted by molar-refractivity contribution is -0.114. The molecular weight excluding hydrogens is 429 g/mol. The van der Waals surface area contributed by atoms with Gasteiger partial charge < -0.3 is 19.5 Å². The van der Waals surface area contributed by atoms with Gasteiger partial charge in [0, 0.05) is 25.3 Å². The number of ether oxygens (including phenoxy) is 3. The first kappa shape index (κ1) is 23.8. The molecule has 0 aliphatic heterocycles. The summed E-state index contributed by atoms with van der Waals surface area (Å²) in [6, 6.07) is 8.51. The first-order valence-corrected chi connectivity index (χ1v) is 10.3. The molecule has 0 aliphatic rings. The average Bonchev–Trinajstić information content (AvgIpc) is 2.73. The summed E-state index contributed by atoms with van der Waals surface area (Å²) in [7, 11) is 3.12. The van der Waals surface area contributed by atoms with Gasteiger partial charge in [0.1, 0.15) is 12.4 Å². The monoisotopic (exact) mass is 453 g/mol. The number of anilines is 1. The Labute approximate surface area is 186 Å². The number of amides is 1. The Bertz CT molecular complexity index is 901. The van der Waals surface area contributed by atoms with Gasteiger partial charge in [0.15, 0.2) is 17.3 Å². The van der Waals surface area contributed by atoms with Crippen molar-refractivity contribution in [1.82, 2.24) is 0 Å². The van der Waals surface area contributed by atoms with Crippen LogP contribution in [0.3, 0.4) is 0 Å². The number of hydrogen-bond donors (Lipinski definition) is 1.